The Kier molecular flexibility index (Phi) is 3.19. The van der Waals surface area contributed by atoms with Crippen molar-refractivity contribution in [2.75, 3.05) is 0 Å². The highest BCUT2D eigenvalue weighted by Crippen LogP contribution is 2.28. The summed E-state index contributed by atoms with van der Waals surface area (Å²) in [4.78, 5) is 0. The zero-order valence-electron chi connectivity index (χ0n) is 7.65. The molecule has 0 saturated heterocycles. The highest BCUT2D eigenvalue weighted by atomic mass is 19.4. The van der Waals surface area contributed by atoms with Gasteiger partial charge in [-0.25, -0.2) is 0 Å². The minimum Gasteiger partial charge on any atom is -0.166 e. The molecule has 14 heavy (non-hydrogen) atoms. The Labute approximate surface area is 80.8 Å². The van der Waals surface area contributed by atoms with Crippen molar-refractivity contribution in [3.63, 3.8) is 0 Å². The van der Waals surface area contributed by atoms with Crippen molar-refractivity contribution in [3.8, 4) is 11.8 Å². The molecule has 74 valence electrons. The van der Waals surface area contributed by atoms with Crippen LogP contribution in [0.2, 0.25) is 0 Å². The number of hydrogen-bond donors (Lipinski definition) is 0. The molecule has 0 saturated carbocycles. The maximum Gasteiger partial charge on any atom is 0.416 e. The van der Waals surface area contributed by atoms with Crippen LogP contribution < -0.4 is 0 Å². The first-order valence-corrected chi connectivity index (χ1v) is 4.20. The second kappa shape index (κ2) is 4.19. The van der Waals surface area contributed by atoms with Crippen molar-refractivity contribution >= 4 is 0 Å². The average Bonchev–Trinajstić information content (AvgIpc) is 2.14. The van der Waals surface area contributed by atoms with E-state index in [0.717, 1.165) is 12.1 Å². The van der Waals surface area contributed by atoms with Gasteiger partial charge in [-0.1, -0.05) is 18.8 Å². The minimum atomic E-state index is -4.27. The Morgan fingerprint density at radius 3 is 2.14 bits per heavy atom. The first-order chi connectivity index (χ1) is 6.54. The average molecular weight is 198 g/mol. The summed E-state index contributed by atoms with van der Waals surface area (Å²) in [5.74, 6) is 5.55. The number of halogens is 3. The van der Waals surface area contributed by atoms with Crippen molar-refractivity contribution in [3.05, 3.63) is 35.4 Å². The van der Waals surface area contributed by atoms with Crippen molar-refractivity contribution in [1.82, 2.24) is 0 Å². The van der Waals surface area contributed by atoms with Gasteiger partial charge >= 0.3 is 6.18 Å². The monoisotopic (exact) mass is 198 g/mol. The highest BCUT2D eigenvalue weighted by Gasteiger charge is 2.29. The fourth-order valence-corrected chi connectivity index (χ4v) is 0.933. The zero-order valence-corrected chi connectivity index (χ0v) is 7.65. The fourth-order valence-electron chi connectivity index (χ4n) is 0.933. The summed E-state index contributed by atoms with van der Waals surface area (Å²) in [5.41, 5.74) is -0.0283. The lowest BCUT2D eigenvalue weighted by atomic mass is 10.1. The van der Waals surface area contributed by atoms with E-state index in [0.29, 0.717) is 12.0 Å². The Morgan fingerprint density at radius 1 is 1.14 bits per heavy atom. The largest absolute Gasteiger partial charge is 0.416 e. The first-order valence-electron chi connectivity index (χ1n) is 4.20. The lowest BCUT2D eigenvalue weighted by Gasteiger charge is -2.05. The van der Waals surface area contributed by atoms with Crippen LogP contribution in [0.4, 0.5) is 13.2 Å². The third-order valence-electron chi connectivity index (χ3n) is 1.62. The molecule has 0 unspecified atom stereocenters. The van der Waals surface area contributed by atoms with E-state index in [1.54, 1.807) is 0 Å². The highest BCUT2D eigenvalue weighted by molar-refractivity contribution is 5.36. The molecule has 0 heterocycles. The third-order valence-corrected chi connectivity index (χ3v) is 1.62. The molecule has 0 aliphatic heterocycles. The van der Waals surface area contributed by atoms with Crippen molar-refractivity contribution in [2.45, 2.75) is 19.5 Å². The second-order valence-corrected chi connectivity index (χ2v) is 2.73. The molecule has 0 spiro atoms. The minimum absolute atomic E-state index is 0.611. The summed E-state index contributed by atoms with van der Waals surface area (Å²) in [7, 11) is 0. The van der Waals surface area contributed by atoms with Crippen LogP contribution in [0.5, 0.6) is 0 Å². The van der Waals surface area contributed by atoms with E-state index in [4.69, 9.17) is 0 Å². The normalized spacial score (nSPS) is 10.6. The molecule has 0 amide bonds. The standard InChI is InChI=1S/C11H9F3/c1-2-3-4-9-5-7-10(8-6-9)11(12,13)14/h5-8H,2H2,1H3. The number of benzene rings is 1. The van der Waals surface area contributed by atoms with E-state index in [9.17, 15) is 13.2 Å². The molecule has 1 aromatic carbocycles. The first kappa shape index (κ1) is 10.6. The van der Waals surface area contributed by atoms with Crippen molar-refractivity contribution < 1.29 is 13.2 Å². The van der Waals surface area contributed by atoms with Crippen molar-refractivity contribution in [2.24, 2.45) is 0 Å². The summed E-state index contributed by atoms with van der Waals surface area (Å²) < 4.78 is 36.4. The van der Waals surface area contributed by atoms with Gasteiger partial charge in [0.25, 0.3) is 0 Å². The molecular formula is C11H9F3. The summed E-state index contributed by atoms with van der Waals surface area (Å²) in [5, 5.41) is 0. The van der Waals surface area contributed by atoms with E-state index in [-0.39, 0.29) is 0 Å². The topological polar surface area (TPSA) is 0 Å². The van der Waals surface area contributed by atoms with Gasteiger partial charge in [0.05, 0.1) is 5.56 Å². The van der Waals surface area contributed by atoms with Gasteiger partial charge in [0.1, 0.15) is 0 Å². The molecule has 0 bridgehead atoms. The SMILES string of the molecule is CCC#Cc1ccc(C(F)(F)F)cc1. The summed E-state index contributed by atoms with van der Waals surface area (Å²) in [6, 6.07) is 4.84. The number of hydrogen-bond acceptors (Lipinski definition) is 0. The van der Waals surface area contributed by atoms with Gasteiger partial charge in [0.2, 0.25) is 0 Å². The quantitative estimate of drug-likeness (QED) is 0.560. The fraction of sp³-hybridized carbons (Fsp3) is 0.273. The van der Waals surface area contributed by atoms with Crippen LogP contribution in [-0.2, 0) is 6.18 Å². The molecule has 1 aromatic rings. The van der Waals surface area contributed by atoms with Gasteiger partial charge < -0.3 is 0 Å². The van der Waals surface area contributed by atoms with Gasteiger partial charge in [0, 0.05) is 12.0 Å². The molecule has 0 nitrogen and oxygen atoms in total. The molecule has 0 aliphatic carbocycles. The maximum atomic E-state index is 12.1. The van der Waals surface area contributed by atoms with Crippen LogP contribution in [0, 0.1) is 11.8 Å². The van der Waals surface area contributed by atoms with Gasteiger partial charge in [-0.3, -0.25) is 0 Å². The van der Waals surface area contributed by atoms with Crippen molar-refractivity contribution in [1.29, 1.82) is 0 Å². The van der Waals surface area contributed by atoms with E-state index in [2.05, 4.69) is 11.8 Å². The van der Waals surface area contributed by atoms with Crippen LogP contribution in [0.15, 0.2) is 24.3 Å². The Hall–Kier alpha value is -1.43. The Bertz CT molecular complexity index is 349. The Morgan fingerprint density at radius 2 is 1.71 bits per heavy atom. The van der Waals surface area contributed by atoms with Crippen LogP contribution in [0.25, 0.3) is 0 Å². The molecule has 3 heteroatoms. The molecule has 0 aromatic heterocycles. The lowest BCUT2D eigenvalue weighted by molar-refractivity contribution is -0.137. The summed E-state index contributed by atoms with van der Waals surface area (Å²) in [6.07, 6.45) is -3.57. The molecule has 0 atom stereocenters. The predicted molar refractivity (Wildman–Crippen MR) is 48.6 cm³/mol. The van der Waals surface area contributed by atoms with Crippen LogP contribution in [-0.4, -0.2) is 0 Å². The summed E-state index contributed by atoms with van der Waals surface area (Å²) >= 11 is 0. The maximum absolute atomic E-state index is 12.1. The number of rotatable bonds is 0. The second-order valence-electron chi connectivity index (χ2n) is 2.73. The van der Waals surface area contributed by atoms with Gasteiger partial charge in [0.15, 0.2) is 0 Å². The van der Waals surface area contributed by atoms with E-state index < -0.39 is 11.7 Å². The van der Waals surface area contributed by atoms with Crippen LogP contribution in [0.3, 0.4) is 0 Å². The van der Waals surface area contributed by atoms with Crippen LogP contribution in [0.1, 0.15) is 24.5 Å². The van der Waals surface area contributed by atoms with Gasteiger partial charge in [-0.15, -0.1) is 0 Å². The Balaban J connectivity index is 2.89. The van der Waals surface area contributed by atoms with E-state index in [1.807, 2.05) is 6.92 Å². The predicted octanol–water partition coefficient (Wildman–Crippen LogP) is 3.47. The molecule has 0 N–H and O–H groups in total. The molecule has 0 fully saturated rings. The molecule has 1 rings (SSSR count). The molecule has 0 radical (unpaired) electrons. The van der Waals surface area contributed by atoms with Gasteiger partial charge in [-0.05, 0) is 24.3 Å². The third kappa shape index (κ3) is 2.81. The molecular weight excluding hydrogens is 189 g/mol. The van der Waals surface area contributed by atoms with Crippen LogP contribution >= 0.6 is 0 Å². The smallest absolute Gasteiger partial charge is 0.166 e. The number of alkyl halides is 3. The zero-order chi connectivity index (χ0) is 10.6. The van der Waals surface area contributed by atoms with E-state index >= 15 is 0 Å². The molecule has 0 aliphatic rings. The summed E-state index contributed by atoms with van der Waals surface area (Å²) in [6.45, 7) is 1.89. The van der Waals surface area contributed by atoms with E-state index in [1.165, 1.54) is 12.1 Å². The van der Waals surface area contributed by atoms with Gasteiger partial charge in [-0.2, -0.15) is 13.2 Å². The lowest BCUT2D eigenvalue weighted by Crippen LogP contribution is -2.04.